The van der Waals surface area contributed by atoms with Gasteiger partial charge in [-0.15, -0.1) is 48.5 Å². The fourth-order valence-electron chi connectivity index (χ4n) is 1.91. The largest absolute Gasteiger partial charge is 4.00 e. The molecule has 0 aliphatic heterocycles. The maximum Gasteiger partial charge on any atom is 4.00 e. The maximum absolute atomic E-state index is 3.72. The first-order valence-electron chi connectivity index (χ1n) is 9.06. The van der Waals surface area contributed by atoms with E-state index in [2.05, 4.69) is 27.7 Å². The molecule has 0 unspecified atom stereocenters. The molecule has 4 rings (SSSR count). The second-order valence-electron chi connectivity index (χ2n) is 5.94. The molecule has 4 aromatic rings. The minimum absolute atomic E-state index is 0. The van der Waals surface area contributed by atoms with Gasteiger partial charge in [-0.1, -0.05) is 24.3 Å². The molecular weight excluding hydrogens is 574 g/mol. The Labute approximate surface area is 201 Å². The van der Waals surface area contributed by atoms with Crippen molar-refractivity contribution >= 4 is 0 Å². The predicted molar refractivity (Wildman–Crippen MR) is 124 cm³/mol. The van der Waals surface area contributed by atoms with Crippen molar-refractivity contribution < 1.29 is 31.1 Å². The summed E-state index contributed by atoms with van der Waals surface area (Å²) >= 11 is 0. The zero-order valence-electron chi connectivity index (χ0n) is 16.9. The Morgan fingerprint density at radius 2 is 0.414 bits per heavy atom. The van der Waals surface area contributed by atoms with Crippen molar-refractivity contribution in [2.45, 2.75) is 0 Å². The first-order valence-corrected chi connectivity index (χ1v) is 9.06. The van der Waals surface area contributed by atoms with Gasteiger partial charge < -0.3 is 0 Å². The topological polar surface area (TPSA) is 0 Å². The van der Waals surface area contributed by atoms with Crippen molar-refractivity contribution in [3.05, 3.63) is 171 Å². The van der Waals surface area contributed by atoms with E-state index in [0.29, 0.717) is 0 Å². The van der Waals surface area contributed by atoms with Gasteiger partial charge in [-0.05, 0) is 0 Å². The van der Waals surface area contributed by atoms with Crippen LogP contribution < -0.4 is 0 Å². The van der Waals surface area contributed by atoms with E-state index in [0.717, 1.165) is 22.3 Å². The van der Waals surface area contributed by atoms with Crippen molar-refractivity contribution in [3.8, 4) is 0 Å². The van der Waals surface area contributed by atoms with Crippen molar-refractivity contribution in [1.29, 1.82) is 0 Å². The van der Waals surface area contributed by atoms with Crippen LogP contribution in [0, 0.1) is 58.8 Å². The molecule has 0 heterocycles. The van der Waals surface area contributed by atoms with Crippen LogP contribution in [0.1, 0.15) is 22.3 Å². The Morgan fingerprint density at radius 3 is 0.483 bits per heavy atom. The molecule has 0 atom stereocenters. The normalized spacial score (nSPS) is 8.28. The third-order valence-electron chi connectivity index (χ3n) is 3.37. The molecule has 0 aliphatic rings. The average Bonchev–Trinajstić information content (AvgIpc) is 2.72. The van der Waals surface area contributed by atoms with Gasteiger partial charge in [0, 0.05) is 0 Å². The molecule has 4 aromatic carbocycles. The second kappa shape index (κ2) is 17.5. The predicted octanol–water partition coefficient (Wildman–Crippen LogP) is 7.48. The van der Waals surface area contributed by atoms with Gasteiger partial charge in [0.15, 0.2) is 0 Å². The Kier molecular flexibility index (Phi) is 15.9. The Hall–Kier alpha value is -2.59. The van der Waals surface area contributed by atoms with Gasteiger partial charge >= 0.3 is 31.1 Å². The SMILES string of the molecule is [CH2-]c1ccccc1.[CH2-]c1ccccc1.[CH2-]c1ccccc1.[CH2-]c1ccccc1.[U+4]. The zero-order chi connectivity index (χ0) is 20.5. The molecule has 29 heavy (non-hydrogen) atoms. The van der Waals surface area contributed by atoms with Crippen LogP contribution >= 0.6 is 0 Å². The van der Waals surface area contributed by atoms with Crippen LogP contribution in [0.2, 0.25) is 0 Å². The molecule has 0 N–H and O–H groups in total. The molecule has 0 amide bonds. The van der Waals surface area contributed by atoms with Crippen LogP contribution in [0.5, 0.6) is 0 Å². The summed E-state index contributed by atoms with van der Waals surface area (Å²) < 4.78 is 0. The van der Waals surface area contributed by atoms with E-state index >= 15 is 0 Å². The summed E-state index contributed by atoms with van der Waals surface area (Å²) in [7, 11) is 0. The first-order chi connectivity index (χ1) is 13.6. The van der Waals surface area contributed by atoms with E-state index < -0.39 is 0 Å². The molecule has 0 nitrogen and oxygen atoms in total. The van der Waals surface area contributed by atoms with Crippen LogP contribution in [0.25, 0.3) is 0 Å². The molecule has 0 bridgehead atoms. The fourth-order valence-corrected chi connectivity index (χ4v) is 1.91. The smallest absolute Gasteiger partial charge is 0.199 e. The van der Waals surface area contributed by atoms with Gasteiger partial charge in [0.25, 0.3) is 0 Å². The fraction of sp³-hybridized carbons (Fsp3) is 0. The van der Waals surface area contributed by atoms with Crippen LogP contribution in [-0.4, -0.2) is 0 Å². The van der Waals surface area contributed by atoms with Crippen molar-refractivity contribution in [2.24, 2.45) is 0 Å². The monoisotopic (exact) mass is 602 g/mol. The Bertz CT molecular complexity index is 676. The maximum atomic E-state index is 3.72. The summed E-state index contributed by atoms with van der Waals surface area (Å²) in [5, 5.41) is 0. The number of hydrogen-bond acceptors (Lipinski definition) is 0. The number of benzene rings is 4. The molecule has 0 fully saturated rings. The summed E-state index contributed by atoms with van der Waals surface area (Å²) in [6.45, 7) is 14.9. The molecular formula is C28H28U. The van der Waals surface area contributed by atoms with Crippen LogP contribution in [0.15, 0.2) is 121 Å². The summed E-state index contributed by atoms with van der Waals surface area (Å²) in [6, 6.07) is 39.5. The number of rotatable bonds is 0. The quantitative estimate of drug-likeness (QED) is 0.183. The standard InChI is InChI=1S/4C7H7.U/c4*1-7-5-3-2-4-6-7;/h4*2-6H,1H2;/q4*-1;+4. The molecule has 0 spiro atoms. The second-order valence-corrected chi connectivity index (χ2v) is 5.94. The minimum atomic E-state index is 0. The van der Waals surface area contributed by atoms with Gasteiger partial charge in [-0.2, -0.15) is 98.5 Å². The first kappa shape index (κ1) is 26.4. The molecule has 0 saturated heterocycles. The summed E-state index contributed by atoms with van der Waals surface area (Å²) in [5.41, 5.74) is 4.29. The summed E-state index contributed by atoms with van der Waals surface area (Å²) in [5.74, 6) is 0. The van der Waals surface area contributed by atoms with Gasteiger partial charge in [0.1, 0.15) is 0 Å². The van der Waals surface area contributed by atoms with E-state index in [1.807, 2.05) is 121 Å². The van der Waals surface area contributed by atoms with Crippen molar-refractivity contribution in [2.75, 3.05) is 0 Å². The third kappa shape index (κ3) is 16.1. The molecule has 0 saturated carbocycles. The third-order valence-corrected chi connectivity index (χ3v) is 3.37. The number of hydrogen-bond donors (Lipinski definition) is 0. The van der Waals surface area contributed by atoms with Gasteiger partial charge in [0.2, 0.25) is 0 Å². The average molecular weight is 603 g/mol. The van der Waals surface area contributed by atoms with Gasteiger partial charge in [0.05, 0.1) is 0 Å². The van der Waals surface area contributed by atoms with E-state index in [9.17, 15) is 0 Å². The molecule has 0 radical (unpaired) electrons. The molecule has 144 valence electrons. The van der Waals surface area contributed by atoms with Crippen LogP contribution in [-0.2, 0) is 0 Å². The van der Waals surface area contributed by atoms with E-state index in [4.69, 9.17) is 0 Å². The molecule has 0 aromatic heterocycles. The van der Waals surface area contributed by atoms with Crippen molar-refractivity contribution in [1.82, 2.24) is 0 Å². The van der Waals surface area contributed by atoms with Crippen LogP contribution in [0.3, 0.4) is 0 Å². The summed E-state index contributed by atoms with van der Waals surface area (Å²) in [6.07, 6.45) is 0. The molecule has 1 heteroatoms. The van der Waals surface area contributed by atoms with Crippen LogP contribution in [0.4, 0.5) is 0 Å². The zero-order valence-corrected chi connectivity index (χ0v) is 21.0. The van der Waals surface area contributed by atoms with E-state index in [-0.39, 0.29) is 31.1 Å². The van der Waals surface area contributed by atoms with E-state index in [1.54, 1.807) is 0 Å². The Balaban J connectivity index is 0.000000356. The van der Waals surface area contributed by atoms with Gasteiger partial charge in [-0.3, -0.25) is 0 Å². The van der Waals surface area contributed by atoms with Gasteiger partial charge in [-0.25, -0.2) is 0 Å². The molecule has 0 aliphatic carbocycles. The van der Waals surface area contributed by atoms with E-state index in [1.165, 1.54) is 0 Å². The Morgan fingerprint density at radius 1 is 0.276 bits per heavy atom. The minimum Gasteiger partial charge on any atom is -0.199 e. The summed E-state index contributed by atoms with van der Waals surface area (Å²) in [4.78, 5) is 0. The van der Waals surface area contributed by atoms with Crippen molar-refractivity contribution in [3.63, 3.8) is 0 Å².